The number of rotatable bonds is 41. The molecule has 0 bridgehead atoms. The van der Waals surface area contributed by atoms with Crippen LogP contribution in [-0.2, 0) is 9.59 Å². The van der Waals surface area contributed by atoms with Gasteiger partial charge in [-0.3, -0.25) is 9.59 Å². The first-order valence-electron chi connectivity index (χ1n) is 22.5. The number of allylic oxidation sites excluding steroid dienone is 4. The zero-order chi connectivity index (χ0) is 36.3. The van der Waals surface area contributed by atoms with Crippen LogP contribution >= 0.6 is 0 Å². The summed E-state index contributed by atoms with van der Waals surface area (Å²) in [4.78, 5) is 24.2. The molecule has 0 saturated heterocycles. The molecule has 0 radical (unpaired) electrons. The molecule has 0 aliphatic carbocycles. The molecule has 0 saturated carbocycles. The summed E-state index contributed by atoms with van der Waals surface area (Å²) in [7, 11) is 0. The Hall–Kier alpha value is -1.58. The highest BCUT2D eigenvalue weighted by Gasteiger charge is 2.03. The number of unbranched alkanes of at least 4 members (excludes halogenated alkanes) is 30. The standard InChI is InChI=1S/C46H88N2O2/c1-3-5-7-9-11-13-15-17-19-21-23-25-27-29-31-33-35-37-39-41-45(49)47-43-44-48-46(50)42-40-38-36-34-32-30-28-26-24-22-20-18-16-14-12-10-8-6-4-2/h21-24H,3-20,25-44H2,1-2H3,(H,47,49)(H,48,50). The van der Waals surface area contributed by atoms with Gasteiger partial charge in [0.1, 0.15) is 0 Å². The van der Waals surface area contributed by atoms with E-state index in [-0.39, 0.29) is 11.8 Å². The van der Waals surface area contributed by atoms with Crippen molar-refractivity contribution < 1.29 is 9.59 Å². The summed E-state index contributed by atoms with van der Waals surface area (Å²) in [6, 6.07) is 0. The first-order chi connectivity index (χ1) is 24.7. The predicted molar refractivity (Wildman–Crippen MR) is 222 cm³/mol. The summed E-state index contributed by atoms with van der Waals surface area (Å²) in [5.41, 5.74) is 0. The van der Waals surface area contributed by atoms with Crippen molar-refractivity contribution in [2.75, 3.05) is 13.1 Å². The second-order valence-corrected chi connectivity index (χ2v) is 15.2. The lowest BCUT2D eigenvalue weighted by Gasteiger charge is -2.07. The fourth-order valence-electron chi connectivity index (χ4n) is 6.71. The lowest BCUT2D eigenvalue weighted by Crippen LogP contribution is -2.34. The number of hydrogen-bond donors (Lipinski definition) is 2. The van der Waals surface area contributed by atoms with Gasteiger partial charge in [-0.15, -0.1) is 0 Å². The fraction of sp³-hybridized carbons (Fsp3) is 0.870. The van der Waals surface area contributed by atoms with Gasteiger partial charge in [-0.05, 0) is 64.2 Å². The van der Waals surface area contributed by atoms with Gasteiger partial charge in [0.15, 0.2) is 0 Å². The van der Waals surface area contributed by atoms with E-state index in [1.807, 2.05) is 0 Å². The van der Waals surface area contributed by atoms with E-state index in [2.05, 4.69) is 48.8 Å². The van der Waals surface area contributed by atoms with E-state index in [9.17, 15) is 9.59 Å². The van der Waals surface area contributed by atoms with E-state index in [0.717, 1.165) is 25.7 Å². The molecule has 50 heavy (non-hydrogen) atoms. The van der Waals surface area contributed by atoms with Crippen molar-refractivity contribution in [3.8, 4) is 0 Å². The number of carbonyl (C=O) groups is 2. The molecular formula is C46H88N2O2. The van der Waals surface area contributed by atoms with Crippen molar-refractivity contribution in [1.82, 2.24) is 10.6 Å². The lowest BCUT2D eigenvalue weighted by atomic mass is 10.1. The van der Waals surface area contributed by atoms with Crippen LogP contribution in [0.1, 0.15) is 245 Å². The van der Waals surface area contributed by atoms with Crippen LogP contribution in [0.4, 0.5) is 0 Å². The van der Waals surface area contributed by atoms with E-state index < -0.39 is 0 Å². The highest BCUT2D eigenvalue weighted by atomic mass is 16.2. The van der Waals surface area contributed by atoms with E-state index in [1.165, 1.54) is 193 Å². The monoisotopic (exact) mass is 701 g/mol. The molecule has 0 aromatic rings. The van der Waals surface area contributed by atoms with Crippen LogP contribution in [-0.4, -0.2) is 24.9 Å². The van der Waals surface area contributed by atoms with Gasteiger partial charge in [0, 0.05) is 25.9 Å². The number of carbonyl (C=O) groups excluding carboxylic acids is 2. The molecular weight excluding hydrogens is 613 g/mol. The number of hydrogen-bond acceptors (Lipinski definition) is 2. The zero-order valence-electron chi connectivity index (χ0n) is 34.0. The quantitative estimate of drug-likeness (QED) is 0.0493. The van der Waals surface area contributed by atoms with Crippen LogP contribution in [0, 0.1) is 0 Å². The highest BCUT2D eigenvalue weighted by Crippen LogP contribution is 2.14. The molecule has 4 nitrogen and oxygen atoms in total. The predicted octanol–water partition coefficient (Wildman–Crippen LogP) is 14.4. The van der Waals surface area contributed by atoms with Gasteiger partial charge in [-0.25, -0.2) is 0 Å². The van der Waals surface area contributed by atoms with Gasteiger partial charge in [-0.2, -0.15) is 0 Å². The molecule has 2 N–H and O–H groups in total. The van der Waals surface area contributed by atoms with Gasteiger partial charge in [-0.1, -0.05) is 192 Å². The minimum absolute atomic E-state index is 0.118. The van der Waals surface area contributed by atoms with Crippen molar-refractivity contribution in [1.29, 1.82) is 0 Å². The third-order valence-corrected chi connectivity index (χ3v) is 10.1. The SMILES string of the molecule is CCCCCCCCCCC=CCCCCCCCCCC(=O)NCCNC(=O)CCCCCCCCCC=CCCCCCCCCCC. The highest BCUT2D eigenvalue weighted by molar-refractivity contribution is 5.77. The van der Waals surface area contributed by atoms with Crippen LogP contribution in [0.25, 0.3) is 0 Å². The summed E-state index contributed by atoms with van der Waals surface area (Å²) >= 11 is 0. The van der Waals surface area contributed by atoms with Gasteiger partial charge >= 0.3 is 0 Å². The van der Waals surface area contributed by atoms with Gasteiger partial charge in [0.25, 0.3) is 0 Å². The topological polar surface area (TPSA) is 58.2 Å². The van der Waals surface area contributed by atoms with Crippen molar-refractivity contribution in [3.63, 3.8) is 0 Å². The van der Waals surface area contributed by atoms with Crippen LogP contribution in [0.2, 0.25) is 0 Å². The van der Waals surface area contributed by atoms with E-state index in [4.69, 9.17) is 0 Å². The molecule has 0 aliphatic heterocycles. The van der Waals surface area contributed by atoms with E-state index in [1.54, 1.807) is 0 Å². The number of amides is 2. The molecule has 2 amide bonds. The molecule has 0 fully saturated rings. The molecule has 0 spiro atoms. The molecule has 4 heteroatoms. The maximum Gasteiger partial charge on any atom is 0.220 e. The van der Waals surface area contributed by atoms with Crippen molar-refractivity contribution in [3.05, 3.63) is 24.3 Å². The third-order valence-electron chi connectivity index (χ3n) is 10.1. The Morgan fingerprint density at radius 3 is 0.800 bits per heavy atom. The smallest absolute Gasteiger partial charge is 0.220 e. The first kappa shape index (κ1) is 48.4. The Labute approximate surface area is 313 Å². The Morgan fingerprint density at radius 1 is 0.320 bits per heavy atom. The summed E-state index contributed by atoms with van der Waals surface area (Å²) in [5, 5.41) is 5.92. The number of nitrogens with one attached hydrogen (secondary N) is 2. The molecule has 0 rings (SSSR count). The Kier molecular flexibility index (Phi) is 42.2. The lowest BCUT2D eigenvalue weighted by molar-refractivity contribution is -0.123. The molecule has 0 unspecified atom stereocenters. The zero-order valence-corrected chi connectivity index (χ0v) is 34.0. The average Bonchev–Trinajstić information content (AvgIpc) is 3.12. The Balaban J connectivity index is 3.31. The van der Waals surface area contributed by atoms with Gasteiger partial charge < -0.3 is 10.6 Å². The van der Waals surface area contributed by atoms with Crippen LogP contribution in [0.3, 0.4) is 0 Å². The summed E-state index contributed by atoms with van der Waals surface area (Å²) in [5.74, 6) is 0.237. The Morgan fingerprint density at radius 2 is 0.540 bits per heavy atom. The van der Waals surface area contributed by atoms with Crippen molar-refractivity contribution in [2.24, 2.45) is 0 Å². The summed E-state index contributed by atoms with van der Waals surface area (Å²) < 4.78 is 0. The molecule has 0 aliphatic rings. The molecule has 294 valence electrons. The first-order valence-corrected chi connectivity index (χ1v) is 22.5. The normalized spacial score (nSPS) is 11.6. The van der Waals surface area contributed by atoms with Crippen LogP contribution in [0.5, 0.6) is 0 Å². The summed E-state index contributed by atoms with van der Waals surface area (Å²) in [6.45, 7) is 5.64. The van der Waals surface area contributed by atoms with E-state index >= 15 is 0 Å². The minimum atomic E-state index is 0.118. The fourth-order valence-corrected chi connectivity index (χ4v) is 6.71. The van der Waals surface area contributed by atoms with Crippen LogP contribution < -0.4 is 10.6 Å². The second kappa shape index (κ2) is 43.6. The van der Waals surface area contributed by atoms with Crippen LogP contribution in [0.15, 0.2) is 24.3 Å². The van der Waals surface area contributed by atoms with Gasteiger partial charge in [0.2, 0.25) is 11.8 Å². The van der Waals surface area contributed by atoms with Crippen molar-refractivity contribution >= 4 is 11.8 Å². The average molecular weight is 701 g/mol. The molecule has 0 heterocycles. The third kappa shape index (κ3) is 42.6. The second-order valence-electron chi connectivity index (χ2n) is 15.2. The maximum atomic E-state index is 12.1. The molecule has 0 aromatic carbocycles. The van der Waals surface area contributed by atoms with Crippen molar-refractivity contribution in [2.45, 2.75) is 245 Å². The minimum Gasteiger partial charge on any atom is -0.354 e. The molecule has 0 atom stereocenters. The van der Waals surface area contributed by atoms with Gasteiger partial charge in [0.05, 0.1) is 0 Å². The Bertz CT molecular complexity index is 684. The molecule has 0 aromatic heterocycles. The maximum absolute atomic E-state index is 12.1. The van der Waals surface area contributed by atoms with E-state index in [0.29, 0.717) is 25.9 Å². The summed E-state index contributed by atoms with van der Waals surface area (Å²) in [6.07, 6.45) is 55.3. The largest absolute Gasteiger partial charge is 0.354 e.